The second kappa shape index (κ2) is 7.77. The summed E-state index contributed by atoms with van der Waals surface area (Å²) in [5.41, 5.74) is -0.360. The number of halogens is 7. The van der Waals surface area contributed by atoms with Crippen LogP contribution in [0.25, 0.3) is 0 Å². The molecule has 1 atom stereocenters. The van der Waals surface area contributed by atoms with Gasteiger partial charge in [-0.3, -0.25) is 4.55 Å². The molecule has 1 unspecified atom stereocenters. The van der Waals surface area contributed by atoms with Crippen LogP contribution in [0.15, 0.2) is 12.2 Å². The van der Waals surface area contributed by atoms with Gasteiger partial charge in [-0.2, -0.15) is 39.2 Å². The number of rotatable bonds is 8. The maximum Gasteiger partial charge on any atom is 0.465 e. The third-order valence-corrected chi connectivity index (χ3v) is 3.30. The Morgan fingerprint density at radius 1 is 1.12 bits per heavy atom. The van der Waals surface area contributed by atoms with Gasteiger partial charge >= 0.3 is 39.4 Å². The van der Waals surface area contributed by atoms with Gasteiger partial charge in [-0.1, -0.05) is 6.58 Å². The van der Waals surface area contributed by atoms with Crippen molar-refractivity contribution in [1.29, 1.82) is 0 Å². The average molecular weight is 420 g/mol. The molecule has 0 fully saturated rings. The molecule has 1 N–H and O–H groups in total. The van der Waals surface area contributed by atoms with Crippen molar-refractivity contribution in [2.45, 2.75) is 36.8 Å². The van der Waals surface area contributed by atoms with E-state index in [1.165, 1.54) is 0 Å². The number of hydrogen-bond acceptors (Lipinski definition) is 6. The monoisotopic (exact) mass is 420 g/mol. The van der Waals surface area contributed by atoms with Crippen LogP contribution < -0.4 is 0 Å². The normalized spacial score (nSPS) is 14.5. The standard InChI is InChI=1S/C11H11F7O7S/c1-5(2)7(19)24-4-6(3-9(12,13)11(16,17)18)25-8(20)10(14,15)26(21,22)23/h6H,1,3-4H2,2H3,(H,21,22,23). The Morgan fingerprint density at radius 2 is 1.58 bits per heavy atom. The molecule has 0 aliphatic carbocycles. The quantitative estimate of drug-likeness (QED) is 0.277. The topological polar surface area (TPSA) is 107 Å². The van der Waals surface area contributed by atoms with E-state index < -0.39 is 58.5 Å². The Kier molecular flexibility index (Phi) is 7.20. The van der Waals surface area contributed by atoms with Crippen LogP contribution >= 0.6 is 0 Å². The minimum absolute atomic E-state index is 0.360. The van der Waals surface area contributed by atoms with Crippen molar-refractivity contribution in [3.05, 3.63) is 12.2 Å². The Bertz CT molecular complexity index is 669. The van der Waals surface area contributed by atoms with E-state index in [2.05, 4.69) is 16.1 Å². The zero-order chi connectivity index (χ0) is 21.1. The average Bonchev–Trinajstić information content (AvgIpc) is 2.41. The lowest BCUT2D eigenvalue weighted by Gasteiger charge is -2.25. The van der Waals surface area contributed by atoms with Crippen molar-refractivity contribution in [1.82, 2.24) is 0 Å². The summed E-state index contributed by atoms with van der Waals surface area (Å²) in [5, 5.41) is -5.66. The number of esters is 2. The van der Waals surface area contributed by atoms with E-state index in [9.17, 15) is 48.7 Å². The van der Waals surface area contributed by atoms with Crippen LogP contribution in [0.5, 0.6) is 0 Å². The molecule has 0 saturated carbocycles. The third-order valence-electron chi connectivity index (χ3n) is 2.48. The van der Waals surface area contributed by atoms with E-state index in [4.69, 9.17) is 4.55 Å². The number of carbonyl (C=O) groups is 2. The van der Waals surface area contributed by atoms with Crippen LogP contribution in [0.2, 0.25) is 0 Å². The van der Waals surface area contributed by atoms with Gasteiger partial charge in [0.05, 0.1) is 6.42 Å². The van der Waals surface area contributed by atoms with E-state index in [0.29, 0.717) is 0 Å². The van der Waals surface area contributed by atoms with Gasteiger partial charge in [0.15, 0.2) is 0 Å². The molecule has 0 radical (unpaired) electrons. The lowest BCUT2D eigenvalue weighted by atomic mass is 10.1. The fourth-order valence-corrected chi connectivity index (χ4v) is 1.41. The summed E-state index contributed by atoms with van der Waals surface area (Å²) in [6.45, 7) is 2.53. The van der Waals surface area contributed by atoms with Gasteiger partial charge in [0.1, 0.15) is 12.7 Å². The maximum absolute atomic E-state index is 13.0. The molecule has 0 heterocycles. The van der Waals surface area contributed by atoms with Crippen LogP contribution in [-0.4, -0.2) is 55.0 Å². The Balaban J connectivity index is 5.49. The second-order valence-corrected chi connectivity index (χ2v) is 6.27. The Morgan fingerprint density at radius 3 is 1.92 bits per heavy atom. The zero-order valence-electron chi connectivity index (χ0n) is 12.6. The third kappa shape index (κ3) is 6.12. The van der Waals surface area contributed by atoms with E-state index in [1.54, 1.807) is 0 Å². The highest BCUT2D eigenvalue weighted by atomic mass is 32.2. The Hall–Kier alpha value is -1.90. The van der Waals surface area contributed by atoms with Crippen molar-refractivity contribution in [3.63, 3.8) is 0 Å². The van der Waals surface area contributed by atoms with Gasteiger partial charge in [0, 0.05) is 5.57 Å². The maximum atomic E-state index is 13.0. The molecule has 0 amide bonds. The summed E-state index contributed by atoms with van der Waals surface area (Å²) in [5.74, 6) is -10.1. The van der Waals surface area contributed by atoms with E-state index in [0.717, 1.165) is 6.92 Å². The summed E-state index contributed by atoms with van der Waals surface area (Å²) >= 11 is 0. The second-order valence-electron chi connectivity index (χ2n) is 4.80. The molecule has 0 aliphatic heterocycles. The minimum atomic E-state index is -6.40. The minimum Gasteiger partial charge on any atom is -0.458 e. The largest absolute Gasteiger partial charge is 0.465 e. The number of alkyl halides is 7. The molecule has 0 aromatic rings. The predicted molar refractivity (Wildman–Crippen MR) is 67.8 cm³/mol. The molecule has 0 saturated heterocycles. The SMILES string of the molecule is C=C(C)C(=O)OCC(CC(F)(F)C(F)(F)F)OC(=O)C(F)(F)S(=O)(=O)O. The van der Waals surface area contributed by atoms with Crippen molar-refractivity contribution >= 4 is 22.1 Å². The van der Waals surface area contributed by atoms with Crippen molar-refractivity contribution < 1.29 is 62.8 Å². The molecule has 26 heavy (non-hydrogen) atoms. The van der Waals surface area contributed by atoms with Crippen LogP contribution in [-0.2, 0) is 29.2 Å². The first-order valence-electron chi connectivity index (χ1n) is 6.16. The molecular weight excluding hydrogens is 409 g/mol. The first kappa shape index (κ1) is 24.1. The fraction of sp³-hybridized carbons (Fsp3) is 0.636. The first-order chi connectivity index (χ1) is 11.3. The smallest absolute Gasteiger partial charge is 0.458 e. The van der Waals surface area contributed by atoms with Gasteiger partial charge in [0.2, 0.25) is 0 Å². The summed E-state index contributed by atoms with van der Waals surface area (Å²) in [4.78, 5) is 22.1. The van der Waals surface area contributed by atoms with E-state index in [1.807, 2.05) is 0 Å². The first-order valence-corrected chi connectivity index (χ1v) is 7.60. The highest BCUT2D eigenvalue weighted by molar-refractivity contribution is 7.87. The van der Waals surface area contributed by atoms with Crippen LogP contribution in [0.4, 0.5) is 30.7 Å². The van der Waals surface area contributed by atoms with Gasteiger partial charge in [-0.15, -0.1) is 0 Å². The molecule has 0 aliphatic rings. The van der Waals surface area contributed by atoms with Crippen LogP contribution in [0.1, 0.15) is 13.3 Å². The molecule has 0 spiro atoms. The van der Waals surface area contributed by atoms with Gasteiger partial charge < -0.3 is 9.47 Å². The van der Waals surface area contributed by atoms with Crippen LogP contribution in [0, 0.1) is 0 Å². The summed E-state index contributed by atoms with van der Waals surface area (Å²) in [6, 6.07) is 0. The number of ether oxygens (including phenoxy) is 2. The molecule has 0 aromatic carbocycles. The Labute approximate surface area is 141 Å². The van der Waals surface area contributed by atoms with E-state index in [-0.39, 0.29) is 5.57 Å². The lowest BCUT2D eigenvalue weighted by molar-refractivity contribution is -0.292. The fourth-order valence-electron chi connectivity index (χ4n) is 1.15. The van der Waals surface area contributed by atoms with Crippen LogP contribution in [0.3, 0.4) is 0 Å². The van der Waals surface area contributed by atoms with Gasteiger partial charge in [-0.25, -0.2) is 9.59 Å². The molecule has 15 heteroatoms. The highest BCUT2D eigenvalue weighted by Gasteiger charge is 2.60. The number of hydrogen-bond donors (Lipinski definition) is 1. The van der Waals surface area contributed by atoms with Crippen molar-refractivity contribution in [3.8, 4) is 0 Å². The predicted octanol–water partition coefficient (Wildman–Crippen LogP) is 2.09. The molecule has 0 aromatic heterocycles. The molecule has 0 rings (SSSR count). The zero-order valence-corrected chi connectivity index (χ0v) is 13.5. The molecule has 7 nitrogen and oxygen atoms in total. The van der Waals surface area contributed by atoms with Gasteiger partial charge in [0.25, 0.3) is 0 Å². The van der Waals surface area contributed by atoms with Crippen molar-refractivity contribution in [2.75, 3.05) is 6.61 Å². The van der Waals surface area contributed by atoms with E-state index >= 15 is 0 Å². The molecule has 152 valence electrons. The lowest BCUT2D eigenvalue weighted by Crippen LogP contribution is -2.45. The molecule has 0 bridgehead atoms. The summed E-state index contributed by atoms with van der Waals surface area (Å²) < 4.78 is 125. The molecular formula is C11H11F7O7S. The van der Waals surface area contributed by atoms with Crippen molar-refractivity contribution in [2.24, 2.45) is 0 Å². The number of carbonyl (C=O) groups excluding carboxylic acids is 2. The highest BCUT2D eigenvalue weighted by Crippen LogP contribution is 2.39. The summed E-state index contributed by atoms with van der Waals surface area (Å²) in [7, 11) is -6.40. The van der Waals surface area contributed by atoms with Gasteiger partial charge in [-0.05, 0) is 6.92 Å². The summed E-state index contributed by atoms with van der Waals surface area (Å²) in [6.07, 6.45) is -11.5.